The standard InChI is InChI=1S/C20H20N2O4/c21-9-14-2-1-3-17-20(14)25-12-18(26-17)15-8-16(11-22-10-15)19(23)13-4-6-24-7-5-13/h1-3,8,10-11,13,18-19,23H,4-7,12H2. The molecule has 6 nitrogen and oxygen atoms in total. The van der Waals surface area contributed by atoms with E-state index in [1.165, 1.54) is 0 Å². The molecule has 0 spiro atoms. The molecule has 2 aliphatic heterocycles. The van der Waals surface area contributed by atoms with Crippen LogP contribution in [-0.2, 0) is 4.74 Å². The minimum absolute atomic E-state index is 0.184. The van der Waals surface area contributed by atoms with Crippen molar-refractivity contribution >= 4 is 0 Å². The first-order valence-electron chi connectivity index (χ1n) is 8.79. The van der Waals surface area contributed by atoms with Gasteiger partial charge in [-0.2, -0.15) is 5.26 Å². The van der Waals surface area contributed by atoms with Crippen LogP contribution in [0.4, 0.5) is 0 Å². The summed E-state index contributed by atoms with van der Waals surface area (Å²) in [5.41, 5.74) is 2.10. The van der Waals surface area contributed by atoms with E-state index in [-0.39, 0.29) is 12.0 Å². The first-order valence-corrected chi connectivity index (χ1v) is 8.79. The van der Waals surface area contributed by atoms with Gasteiger partial charge >= 0.3 is 0 Å². The number of pyridine rings is 1. The largest absolute Gasteiger partial charge is 0.484 e. The first kappa shape index (κ1) is 16.8. The van der Waals surface area contributed by atoms with Crippen LogP contribution in [-0.4, -0.2) is 29.9 Å². The molecule has 0 bridgehead atoms. The Morgan fingerprint density at radius 1 is 1.23 bits per heavy atom. The highest BCUT2D eigenvalue weighted by molar-refractivity contribution is 5.53. The SMILES string of the molecule is N#Cc1cccc2c1OCC(c1cncc(C(O)C3CCOCC3)c1)O2. The third kappa shape index (κ3) is 3.24. The number of rotatable bonds is 3. The number of aromatic nitrogens is 1. The van der Waals surface area contributed by atoms with Crippen LogP contribution >= 0.6 is 0 Å². The second-order valence-corrected chi connectivity index (χ2v) is 6.61. The molecule has 0 aliphatic carbocycles. The molecule has 0 saturated carbocycles. The molecule has 0 amide bonds. The highest BCUT2D eigenvalue weighted by Gasteiger charge is 2.27. The minimum atomic E-state index is -0.562. The molecule has 6 heteroatoms. The van der Waals surface area contributed by atoms with E-state index in [9.17, 15) is 5.11 Å². The molecule has 2 aromatic rings. The number of para-hydroxylation sites is 1. The molecule has 1 N–H and O–H groups in total. The third-order valence-electron chi connectivity index (χ3n) is 4.95. The van der Waals surface area contributed by atoms with E-state index in [2.05, 4.69) is 11.1 Å². The molecule has 26 heavy (non-hydrogen) atoms. The summed E-state index contributed by atoms with van der Waals surface area (Å²) in [5, 5.41) is 19.9. The van der Waals surface area contributed by atoms with Gasteiger partial charge in [0.25, 0.3) is 0 Å². The molecule has 2 unspecified atom stereocenters. The van der Waals surface area contributed by atoms with E-state index in [4.69, 9.17) is 19.5 Å². The summed E-state index contributed by atoms with van der Waals surface area (Å²) in [7, 11) is 0. The summed E-state index contributed by atoms with van der Waals surface area (Å²) < 4.78 is 17.2. The van der Waals surface area contributed by atoms with Crippen molar-refractivity contribution in [2.75, 3.05) is 19.8 Å². The summed E-state index contributed by atoms with van der Waals surface area (Å²) in [5.74, 6) is 1.22. The monoisotopic (exact) mass is 352 g/mol. The van der Waals surface area contributed by atoms with Crippen molar-refractivity contribution in [2.45, 2.75) is 25.0 Å². The number of fused-ring (bicyclic) bond motifs is 1. The summed E-state index contributed by atoms with van der Waals surface area (Å²) in [4.78, 5) is 4.29. The Balaban J connectivity index is 1.54. The van der Waals surface area contributed by atoms with Crippen LogP contribution in [0.25, 0.3) is 0 Å². The molecular formula is C20H20N2O4. The zero-order valence-corrected chi connectivity index (χ0v) is 14.3. The van der Waals surface area contributed by atoms with Crippen LogP contribution < -0.4 is 9.47 Å². The average Bonchev–Trinajstić information content (AvgIpc) is 2.73. The van der Waals surface area contributed by atoms with Gasteiger partial charge in [-0.15, -0.1) is 0 Å². The molecule has 2 atom stereocenters. The Hall–Kier alpha value is -2.62. The molecule has 134 valence electrons. The minimum Gasteiger partial charge on any atom is -0.484 e. The maximum atomic E-state index is 10.7. The Bertz CT molecular complexity index is 827. The van der Waals surface area contributed by atoms with E-state index in [1.807, 2.05) is 6.07 Å². The molecule has 0 radical (unpaired) electrons. The van der Waals surface area contributed by atoms with E-state index < -0.39 is 6.10 Å². The van der Waals surface area contributed by atoms with Gasteiger partial charge in [-0.05, 0) is 42.5 Å². The summed E-state index contributed by atoms with van der Waals surface area (Å²) in [6.07, 6.45) is 4.24. The number of hydrogen-bond donors (Lipinski definition) is 1. The van der Waals surface area contributed by atoms with Crippen LogP contribution in [0.1, 0.15) is 41.7 Å². The fourth-order valence-electron chi connectivity index (χ4n) is 3.47. The third-order valence-corrected chi connectivity index (χ3v) is 4.95. The van der Waals surface area contributed by atoms with E-state index in [1.54, 1.807) is 30.6 Å². The van der Waals surface area contributed by atoms with Gasteiger partial charge < -0.3 is 19.3 Å². The fourth-order valence-corrected chi connectivity index (χ4v) is 3.47. The normalized spacial score (nSPS) is 21.0. The van der Waals surface area contributed by atoms with Crippen molar-refractivity contribution in [3.8, 4) is 17.6 Å². The van der Waals surface area contributed by atoms with Gasteiger partial charge in [-0.1, -0.05) is 6.07 Å². The highest BCUT2D eigenvalue weighted by Crippen LogP contribution is 2.39. The van der Waals surface area contributed by atoms with Gasteiger partial charge in [0.15, 0.2) is 17.6 Å². The zero-order valence-electron chi connectivity index (χ0n) is 14.3. The maximum Gasteiger partial charge on any atom is 0.179 e. The van der Waals surface area contributed by atoms with Crippen molar-refractivity contribution in [1.29, 1.82) is 5.26 Å². The lowest BCUT2D eigenvalue weighted by molar-refractivity contribution is 0.00691. The van der Waals surface area contributed by atoms with Crippen molar-refractivity contribution in [1.82, 2.24) is 4.98 Å². The van der Waals surface area contributed by atoms with Crippen molar-refractivity contribution in [2.24, 2.45) is 5.92 Å². The second-order valence-electron chi connectivity index (χ2n) is 6.61. The lowest BCUT2D eigenvalue weighted by Gasteiger charge is -2.29. The number of aliphatic hydroxyl groups is 1. The number of nitriles is 1. The Morgan fingerprint density at radius 2 is 2.08 bits per heavy atom. The number of aliphatic hydroxyl groups excluding tert-OH is 1. The van der Waals surface area contributed by atoms with Crippen LogP contribution in [0.5, 0.6) is 11.5 Å². The fraction of sp³-hybridized carbons (Fsp3) is 0.400. The Kier molecular flexibility index (Phi) is 4.74. The average molecular weight is 352 g/mol. The highest BCUT2D eigenvalue weighted by atomic mass is 16.6. The molecule has 3 heterocycles. The summed E-state index contributed by atoms with van der Waals surface area (Å²) in [6, 6.07) is 9.30. The van der Waals surface area contributed by atoms with Crippen LogP contribution in [0.15, 0.2) is 36.7 Å². The van der Waals surface area contributed by atoms with Crippen molar-refractivity contribution in [3.63, 3.8) is 0 Å². The Morgan fingerprint density at radius 3 is 2.88 bits per heavy atom. The molecule has 1 aromatic heterocycles. The van der Waals surface area contributed by atoms with Crippen molar-refractivity contribution < 1.29 is 19.3 Å². The molecule has 4 rings (SSSR count). The van der Waals surface area contributed by atoms with E-state index >= 15 is 0 Å². The molecule has 1 saturated heterocycles. The predicted molar refractivity (Wildman–Crippen MR) is 92.8 cm³/mol. The first-order chi connectivity index (χ1) is 12.8. The maximum absolute atomic E-state index is 10.7. The molecule has 1 aromatic carbocycles. The number of ether oxygens (including phenoxy) is 3. The Labute approximate surface area is 152 Å². The van der Waals surface area contributed by atoms with Gasteiger partial charge in [0.05, 0.1) is 11.7 Å². The zero-order chi connectivity index (χ0) is 17.9. The number of benzene rings is 1. The van der Waals surface area contributed by atoms with Gasteiger partial charge in [-0.25, -0.2) is 0 Å². The lowest BCUT2D eigenvalue weighted by atomic mass is 9.89. The van der Waals surface area contributed by atoms with Crippen LogP contribution in [0.2, 0.25) is 0 Å². The van der Waals surface area contributed by atoms with E-state index in [0.29, 0.717) is 36.9 Å². The quantitative estimate of drug-likeness (QED) is 0.914. The van der Waals surface area contributed by atoms with E-state index in [0.717, 1.165) is 24.0 Å². The van der Waals surface area contributed by atoms with Gasteiger partial charge in [0.1, 0.15) is 12.7 Å². The van der Waals surface area contributed by atoms with Crippen molar-refractivity contribution in [3.05, 3.63) is 53.3 Å². The lowest BCUT2D eigenvalue weighted by Crippen LogP contribution is -2.24. The topological polar surface area (TPSA) is 84.6 Å². The predicted octanol–water partition coefficient (Wildman–Crippen LogP) is 2.93. The van der Waals surface area contributed by atoms with Crippen LogP contribution in [0, 0.1) is 17.2 Å². The smallest absolute Gasteiger partial charge is 0.179 e. The molecular weight excluding hydrogens is 332 g/mol. The van der Waals surface area contributed by atoms with Gasteiger partial charge in [0.2, 0.25) is 0 Å². The van der Waals surface area contributed by atoms with Crippen LogP contribution in [0.3, 0.4) is 0 Å². The number of nitrogens with zero attached hydrogens (tertiary/aromatic N) is 2. The van der Waals surface area contributed by atoms with Gasteiger partial charge in [-0.3, -0.25) is 4.98 Å². The molecule has 1 fully saturated rings. The summed E-state index contributed by atoms with van der Waals surface area (Å²) >= 11 is 0. The number of hydrogen-bond acceptors (Lipinski definition) is 6. The molecule has 2 aliphatic rings. The van der Waals surface area contributed by atoms with Gasteiger partial charge in [0, 0.05) is 31.2 Å². The second kappa shape index (κ2) is 7.32. The summed E-state index contributed by atoms with van der Waals surface area (Å²) in [6.45, 7) is 1.67.